The van der Waals surface area contributed by atoms with Crippen LogP contribution in [-0.2, 0) is 6.54 Å². The zero-order valence-electron chi connectivity index (χ0n) is 14.4. The zero-order valence-corrected chi connectivity index (χ0v) is 16.8. The molecular weight excluding hydrogens is 383 g/mol. The van der Waals surface area contributed by atoms with Gasteiger partial charge >= 0.3 is 0 Å². The lowest BCUT2D eigenvalue weighted by molar-refractivity contribution is 0.0937. The van der Waals surface area contributed by atoms with Crippen LogP contribution in [0, 0.1) is 0 Å². The van der Waals surface area contributed by atoms with E-state index in [2.05, 4.69) is 15.2 Å². The Kier molecular flexibility index (Phi) is 10.7. The second-order valence-corrected chi connectivity index (χ2v) is 6.24. The van der Waals surface area contributed by atoms with Crippen LogP contribution < -0.4 is 15.8 Å². The number of likely N-dealkylation sites (N-methyl/N-ethyl adjacent to an activating group) is 1. The van der Waals surface area contributed by atoms with Gasteiger partial charge in [-0.2, -0.15) is 0 Å². The smallest absolute Gasteiger partial charge is 0.270 e. The lowest BCUT2D eigenvalue weighted by atomic mass is 10.1. The first kappa shape index (κ1) is 23.6. The second kappa shape index (κ2) is 11.3. The molecule has 0 aliphatic heterocycles. The van der Waals surface area contributed by atoms with Crippen LogP contribution in [0.4, 0.5) is 0 Å². The molecule has 1 aromatic carbocycles. The number of nitrogens with zero attached hydrogens (tertiary/aromatic N) is 2. The van der Waals surface area contributed by atoms with Gasteiger partial charge in [0.05, 0.1) is 13.2 Å². The van der Waals surface area contributed by atoms with Crippen molar-refractivity contribution in [2.24, 2.45) is 5.73 Å². The van der Waals surface area contributed by atoms with Crippen molar-refractivity contribution in [3.63, 3.8) is 0 Å². The van der Waals surface area contributed by atoms with Gasteiger partial charge in [0.25, 0.3) is 5.91 Å². The Hall–Kier alpha value is -1.38. The number of nitrogens with two attached hydrogens (primary N) is 1. The summed E-state index contributed by atoms with van der Waals surface area (Å²) in [5.41, 5.74) is 7.02. The van der Waals surface area contributed by atoms with E-state index in [1.165, 1.54) is 11.3 Å². The summed E-state index contributed by atoms with van der Waals surface area (Å²) in [5.74, 6) is 0.614. The molecule has 1 amide bonds. The van der Waals surface area contributed by atoms with Crippen molar-refractivity contribution in [1.82, 2.24) is 15.2 Å². The van der Waals surface area contributed by atoms with E-state index in [9.17, 15) is 4.79 Å². The number of nitrogens with one attached hydrogen (secondary N) is 1. The molecule has 3 N–H and O–H groups in total. The average molecular weight is 407 g/mol. The van der Waals surface area contributed by atoms with Crippen LogP contribution in [0.5, 0.6) is 5.75 Å². The summed E-state index contributed by atoms with van der Waals surface area (Å²) in [5, 5.41) is 5.42. The van der Waals surface area contributed by atoms with Gasteiger partial charge in [0.15, 0.2) is 0 Å². The molecule has 0 spiro atoms. The topological polar surface area (TPSA) is 80.5 Å². The average Bonchev–Trinajstić information content (AvgIpc) is 3.04. The van der Waals surface area contributed by atoms with Crippen molar-refractivity contribution in [1.29, 1.82) is 0 Å². The lowest BCUT2D eigenvalue weighted by Gasteiger charge is -2.25. The highest BCUT2D eigenvalue weighted by Gasteiger charge is 2.17. The third-order valence-corrected chi connectivity index (χ3v) is 4.39. The Labute approximate surface area is 164 Å². The fraction of sp³-hybridized carbons (Fsp3) is 0.375. The second-order valence-electron chi connectivity index (χ2n) is 5.30. The molecule has 2 rings (SSSR count). The highest BCUT2D eigenvalue weighted by molar-refractivity contribution is 7.09. The van der Waals surface area contributed by atoms with Gasteiger partial charge in [0, 0.05) is 18.5 Å². The Bertz CT molecular complexity index is 667. The summed E-state index contributed by atoms with van der Waals surface area (Å²) in [6.45, 7) is 0.830. The van der Waals surface area contributed by atoms with Crippen molar-refractivity contribution in [2.45, 2.75) is 12.6 Å². The molecule has 1 aromatic heterocycles. The molecule has 0 fully saturated rings. The van der Waals surface area contributed by atoms with E-state index in [1.54, 1.807) is 12.5 Å². The minimum Gasteiger partial charge on any atom is -0.497 e. The van der Waals surface area contributed by atoms with Gasteiger partial charge in [0.2, 0.25) is 0 Å². The summed E-state index contributed by atoms with van der Waals surface area (Å²) >= 11 is 1.40. The van der Waals surface area contributed by atoms with E-state index in [0.29, 0.717) is 18.8 Å². The van der Waals surface area contributed by atoms with Gasteiger partial charge in [-0.25, -0.2) is 4.98 Å². The Balaban J connectivity index is 0.00000288. The summed E-state index contributed by atoms with van der Waals surface area (Å²) in [6.07, 6.45) is 0. The summed E-state index contributed by atoms with van der Waals surface area (Å²) in [7, 11) is 5.60. The molecule has 0 saturated carbocycles. The van der Waals surface area contributed by atoms with Crippen molar-refractivity contribution in [3.05, 3.63) is 45.9 Å². The molecule has 9 heteroatoms. The number of carbonyl (C=O) groups excluding carboxylic acids is 1. The monoisotopic (exact) mass is 406 g/mol. The van der Waals surface area contributed by atoms with Crippen molar-refractivity contribution in [2.75, 3.05) is 27.7 Å². The number of hydrogen-bond acceptors (Lipinski definition) is 6. The molecule has 0 aliphatic rings. The minimum absolute atomic E-state index is 0. The maximum absolute atomic E-state index is 12.2. The van der Waals surface area contributed by atoms with E-state index >= 15 is 0 Å². The quantitative estimate of drug-likeness (QED) is 0.737. The number of amides is 1. The number of ether oxygens (including phenoxy) is 1. The molecule has 6 nitrogen and oxygen atoms in total. The van der Waals surface area contributed by atoms with Gasteiger partial charge in [-0.15, -0.1) is 36.2 Å². The molecule has 1 heterocycles. The number of benzene rings is 1. The van der Waals surface area contributed by atoms with Gasteiger partial charge in [-0.3, -0.25) is 4.79 Å². The fourth-order valence-electron chi connectivity index (χ4n) is 2.24. The van der Waals surface area contributed by atoms with Gasteiger partial charge < -0.3 is 20.7 Å². The van der Waals surface area contributed by atoms with Crippen molar-refractivity contribution >= 4 is 42.1 Å². The predicted octanol–water partition coefficient (Wildman–Crippen LogP) is 2.49. The predicted molar refractivity (Wildman–Crippen MR) is 106 cm³/mol. The SMILES string of the molecule is COc1cccc(C(CNC(=O)c2csc(CN)n2)N(C)C)c1.Cl.Cl. The fourth-order valence-corrected chi connectivity index (χ4v) is 2.89. The van der Waals surface area contributed by atoms with Crippen molar-refractivity contribution in [3.8, 4) is 5.75 Å². The molecular formula is C16H24Cl2N4O2S. The highest BCUT2D eigenvalue weighted by Crippen LogP contribution is 2.22. The molecule has 0 radical (unpaired) electrons. The van der Waals surface area contributed by atoms with Crippen LogP contribution in [0.3, 0.4) is 0 Å². The number of thiazole rings is 1. The Morgan fingerprint density at radius 2 is 2.12 bits per heavy atom. The van der Waals surface area contributed by atoms with Crippen LogP contribution in [-0.4, -0.2) is 43.5 Å². The van der Waals surface area contributed by atoms with E-state index in [0.717, 1.165) is 16.3 Å². The van der Waals surface area contributed by atoms with Gasteiger partial charge in [0.1, 0.15) is 16.5 Å². The van der Waals surface area contributed by atoms with Crippen LogP contribution >= 0.6 is 36.2 Å². The van der Waals surface area contributed by atoms with Crippen LogP contribution in [0.2, 0.25) is 0 Å². The van der Waals surface area contributed by atoms with E-state index < -0.39 is 0 Å². The maximum Gasteiger partial charge on any atom is 0.270 e. The number of hydrogen-bond donors (Lipinski definition) is 2. The minimum atomic E-state index is -0.185. The number of carbonyl (C=O) groups is 1. The number of halogens is 2. The normalized spacial score (nSPS) is 11.2. The lowest BCUT2D eigenvalue weighted by Crippen LogP contribution is -2.34. The molecule has 0 saturated heterocycles. The first-order chi connectivity index (χ1) is 11.0. The summed E-state index contributed by atoms with van der Waals surface area (Å²) < 4.78 is 5.27. The molecule has 1 unspecified atom stereocenters. The highest BCUT2D eigenvalue weighted by atomic mass is 35.5. The first-order valence-electron chi connectivity index (χ1n) is 7.28. The Morgan fingerprint density at radius 3 is 2.68 bits per heavy atom. The largest absolute Gasteiger partial charge is 0.497 e. The molecule has 140 valence electrons. The number of aromatic nitrogens is 1. The summed E-state index contributed by atoms with van der Waals surface area (Å²) in [6, 6.07) is 7.89. The first-order valence-corrected chi connectivity index (χ1v) is 8.16. The number of methoxy groups -OCH3 is 1. The van der Waals surface area contributed by atoms with Crippen LogP contribution in [0.1, 0.15) is 27.1 Å². The third-order valence-electron chi connectivity index (χ3n) is 3.52. The summed E-state index contributed by atoms with van der Waals surface area (Å²) in [4.78, 5) is 18.5. The van der Waals surface area contributed by atoms with Crippen molar-refractivity contribution < 1.29 is 9.53 Å². The maximum atomic E-state index is 12.2. The number of rotatable bonds is 7. The standard InChI is InChI=1S/C16H22N4O2S.2ClH/c1-20(2)14(11-5-4-6-12(7-11)22-3)9-18-16(21)13-10-23-15(8-17)19-13;;/h4-7,10,14H,8-9,17H2,1-3H3,(H,18,21);2*1H. The van der Waals surface area contributed by atoms with E-state index in [-0.39, 0.29) is 36.8 Å². The molecule has 2 aromatic rings. The van der Waals surface area contributed by atoms with Crippen LogP contribution in [0.25, 0.3) is 0 Å². The third kappa shape index (κ3) is 6.45. The Morgan fingerprint density at radius 1 is 1.40 bits per heavy atom. The molecule has 1 atom stereocenters. The van der Waals surface area contributed by atoms with Gasteiger partial charge in [-0.05, 0) is 31.8 Å². The molecule has 0 bridgehead atoms. The van der Waals surface area contributed by atoms with E-state index in [1.807, 2.05) is 38.4 Å². The van der Waals surface area contributed by atoms with Gasteiger partial charge in [-0.1, -0.05) is 12.1 Å². The van der Waals surface area contributed by atoms with E-state index in [4.69, 9.17) is 10.5 Å². The zero-order chi connectivity index (χ0) is 16.8. The molecule has 0 aliphatic carbocycles. The van der Waals surface area contributed by atoms with Crippen LogP contribution in [0.15, 0.2) is 29.6 Å². The molecule has 25 heavy (non-hydrogen) atoms.